The van der Waals surface area contributed by atoms with Gasteiger partial charge in [-0.3, -0.25) is 9.69 Å². The summed E-state index contributed by atoms with van der Waals surface area (Å²) in [6, 6.07) is 1.71. The van der Waals surface area contributed by atoms with E-state index in [4.69, 9.17) is 11.0 Å². The molecule has 0 rings (SSSR count). The van der Waals surface area contributed by atoms with Crippen LogP contribution >= 0.6 is 0 Å². The van der Waals surface area contributed by atoms with Crippen molar-refractivity contribution in [3.05, 3.63) is 0 Å². The zero-order valence-corrected chi connectivity index (χ0v) is 7.58. The molecular formula is C8H15N3O. The predicted molar refractivity (Wildman–Crippen MR) is 46.1 cm³/mol. The lowest BCUT2D eigenvalue weighted by Crippen LogP contribution is -2.44. The Morgan fingerprint density at radius 1 is 1.67 bits per heavy atom. The van der Waals surface area contributed by atoms with Crippen molar-refractivity contribution in [1.29, 1.82) is 5.26 Å². The third-order valence-electron chi connectivity index (χ3n) is 1.84. The first-order valence-electron chi connectivity index (χ1n) is 4.07. The lowest BCUT2D eigenvalue weighted by Gasteiger charge is -2.24. The maximum Gasteiger partial charge on any atom is 0.234 e. The molecule has 2 N–H and O–H groups in total. The number of primary amides is 1. The second-order valence-corrected chi connectivity index (χ2v) is 2.55. The number of nitrogens with two attached hydrogens (primary N) is 1. The largest absolute Gasteiger partial charge is 0.368 e. The number of amides is 1. The number of likely N-dealkylation sites (N-methyl/N-ethyl adjacent to an activating group) is 1. The summed E-state index contributed by atoms with van der Waals surface area (Å²) in [5, 5.41) is 8.45. The van der Waals surface area contributed by atoms with E-state index in [1.165, 1.54) is 0 Å². The number of hydrogen-bond acceptors (Lipinski definition) is 3. The van der Waals surface area contributed by atoms with Crippen molar-refractivity contribution in [1.82, 2.24) is 4.90 Å². The van der Waals surface area contributed by atoms with Gasteiger partial charge in [0.1, 0.15) is 0 Å². The quantitative estimate of drug-likeness (QED) is 0.593. The minimum Gasteiger partial charge on any atom is -0.368 e. The summed E-state index contributed by atoms with van der Waals surface area (Å²) in [5.41, 5.74) is 5.16. The SMILES string of the molecule is CCC(C(N)=O)N(CC)CC#N. The maximum atomic E-state index is 10.9. The van der Waals surface area contributed by atoms with Crippen molar-refractivity contribution in [2.24, 2.45) is 5.73 Å². The van der Waals surface area contributed by atoms with Gasteiger partial charge in [-0.25, -0.2) is 0 Å². The number of nitriles is 1. The van der Waals surface area contributed by atoms with Gasteiger partial charge in [0.15, 0.2) is 0 Å². The third-order valence-corrected chi connectivity index (χ3v) is 1.84. The molecule has 0 spiro atoms. The molecule has 4 heteroatoms. The minimum absolute atomic E-state index is 0.262. The lowest BCUT2D eigenvalue weighted by molar-refractivity contribution is -0.123. The summed E-state index contributed by atoms with van der Waals surface area (Å²) in [6.07, 6.45) is 0.658. The zero-order valence-electron chi connectivity index (χ0n) is 7.58. The highest BCUT2D eigenvalue weighted by Crippen LogP contribution is 2.02. The van der Waals surface area contributed by atoms with Gasteiger partial charge in [-0.15, -0.1) is 0 Å². The van der Waals surface area contributed by atoms with E-state index in [1.54, 1.807) is 4.90 Å². The zero-order chi connectivity index (χ0) is 9.56. The lowest BCUT2D eigenvalue weighted by atomic mass is 10.2. The van der Waals surface area contributed by atoms with E-state index < -0.39 is 0 Å². The van der Waals surface area contributed by atoms with Crippen LogP contribution < -0.4 is 5.73 Å². The van der Waals surface area contributed by atoms with Crippen molar-refractivity contribution >= 4 is 5.91 Å². The highest BCUT2D eigenvalue weighted by molar-refractivity contribution is 5.79. The minimum atomic E-state index is -0.352. The van der Waals surface area contributed by atoms with Gasteiger partial charge in [-0.05, 0) is 13.0 Å². The molecule has 1 amide bonds. The number of carbonyl (C=O) groups is 1. The molecule has 68 valence electrons. The molecule has 0 saturated carbocycles. The van der Waals surface area contributed by atoms with Crippen molar-refractivity contribution in [3.63, 3.8) is 0 Å². The molecule has 0 aliphatic heterocycles. The normalized spacial score (nSPS) is 12.5. The van der Waals surface area contributed by atoms with Gasteiger partial charge in [0.25, 0.3) is 0 Å². The molecule has 0 aromatic heterocycles. The fourth-order valence-corrected chi connectivity index (χ4v) is 1.17. The van der Waals surface area contributed by atoms with E-state index >= 15 is 0 Å². The van der Waals surface area contributed by atoms with Crippen LogP contribution in [-0.2, 0) is 4.79 Å². The van der Waals surface area contributed by atoms with Crippen molar-refractivity contribution in [3.8, 4) is 6.07 Å². The molecule has 0 bridgehead atoms. The Bertz CT molecular complexity index is 185. The molecule has 0 aliphatic rings. The monoisotopic (exact) mass is 169 g/mol. The van der Waals surface area contributed by atoms with Crippen LogP contribution in [0.4, 0.5) is 0 Å². The van der Waals surface area contributed by atoms with E-state index in [-0.39, 0.29) is 18.5 Å². The van der Waals surface area contributed by atoms with E-state index in [0.29, 0.717) is 13.0 Å². The van der Waals surface area contributed by atoms with Crippen LogP contribution in [0.1, 0.15) is 20.3 Å². The number of carbonyl (C=O) groups excluding carboxylic acids is 1. The molecule has 0 fully saturated rings. The van der Waals surface area contributed by atoms with Gasteiger partial charge in [0.2, 0.25) is 5.91 Å². The molecule has 0 heterocycles. The summed E-state index contributed by atoms with van der Waals surface area (Å²) >= 11 is 0. The molecule has 1 unspecified atom stereocenters. The van der Waals surface area contributed by atoms with Gasteiger partial charge >= 0.3 is 0 Å². The Labute approximate surface area is 72.9 Å². The Morgan fingerprint density at radius 3 is 2.50 bits per heavy atom. The van der Waals surface area contributed by atoms with E-state index in [0.717, 1.165) is 0 Å². The van der Waals surface area contributed by atoms with Gasteiger partial charge < -0.3 is 5.73 Å². The second-order valence-electron chi connectivity index (χ2n) is 2.55. The predicted octanol–water partition coefficient (Wildman–Crippen LogP) is 0.0958. The van der Waals surface area contributed by atoms with Crippen LogP contribution in [0.15, 0.2) is 0 Å². The first-order valence-corrected chi connectivity index (χ1v) is 4.07. The third kappa shape index (κ3) is 2.89. The average Bonchev–Trinajstić information content (AvgIpc) is 2.03. The van der Waals surface area contributed by atoms with Crippen molar-refractivity contribution < 1.29 is 4.79 Å². The summed E-state index contributed by atoms with van der Waals surface area (Å²) in [7, 11) is 0. The van der Waals surface area contributed by atoms with Crippen LogP contribution in [0.25, 0.3) is 0 Å². The Hall–Kier alpha value is -1.08. The Balaban J connectivity index is 4.24. The standard InChI is InChI=1S/C8H15N3O/c1-3-7(8(10)12)11(4-2)6-5-9/h7H,3-4,6H2,1-2H3,(H2,10,12). The Morgan fingerprint density at radius 2 is 2.25 bits per heavy atom. The van der Waals surface area contributed by atoms with Crippen LogP contribution in [0.2, 0.25) is 0 Å². The average molecular weight is 169 g/mol. The van der Waals surface area contributed by atoms with Crippen LogP contribution in [0.5, 0.6) is 0 Å². The topological polar surface area (TPSA) is 70.1 Å². The van der Waals surface area contributed by atoms with E-state index in [9.17, 15) is 4.79 Å². The van der Waals surface area contributed by atoms with Gasteiger partial charge in [-0.2, -0.15) is 5.26 Å². The summed E-state index contributed by atoms with van der Waals surface area (Å²) in [4.78, 5) is 12.6. The maximum absolute atomic E-state index is 10.9. The molecule has 0 radical (unpaired) electrons. The van der Waals surface area contributed by atoms with Gasteiger partial charge in [-0.1, -0.05) is 13.8 Å². The number of nitrogens with zero attached hydrogens (tertiary/aromatic N) is 2. The molecule has 0 aromatic carbocycles. The van der Waals surface area contributed by atoms with Crippen molar-refractivity contribution in [2.75, 3.05) is 13.1 Å². The Kier molecular flexibility index (Phi) is 5.06. The number of hydrogen-bond donors (Lipinski definition) is 1. The summed E-state index contributed by atoms with van der Waals surface area (Å²) in [6.45, 7) is 4.73. The van der Waals surface area contributed by atoms with Gasteiger partial charge in [0, 0.05) is 0 Å². The van der Waals surface area contributed by atoms with Crippen LogP contribution in [0.3, 0.4) is 0 Å². The first kappa shape index (κ1) is 10.9. The second kappa shape index (κ2) is 5.56. The first-order chi connectivity index (χ1) is 5.67. The van der Waals surface area contributed by atoms with Crippen LogP contribution in [-0.4, -0.2) is 29.9 Å². The smallest absolute Gasteiger partial charge is 0.234 e. The molecule has 0 saturated heterocycles. The molecule has 12 heavy (non-hydrogen) atoms. The van der Waals surface area contributed by atoms with Gasteiger partial charge in [0.05, 0.1) is 18.7 Å². The molecule has 0 aliphatic carbocycles. The fraction of sp³-hybridized carbons (Fsp3) is 0.750. The highest BCUT2D eigenvalue weighted by Gasteiger charge is 2.19. The molecular weight excluding hydrogens is 154 g/mol. The fourth-order valence-electron chi connectivity index (χ4n) is 1.17. The molecule has 4 nitrogen and oxygen atoms in total. The summed E-state index contributed by atoms with van der Waals surface area (Å²) in [5.74, 6) is -0.352. The molecule has 0 aromatic rings. The summed E-state index contributed by atoms with van der Waals surface area (Å²) < 4.78 is 0. The van der Waals surface area contributed by atoms with E-state index in [1.807, 2.05) is 19.9 Å². The van der Waals surface area contributed by atoms with Crippen molar-refractivity contribution in [2.45, 2.75) is 26.3 Å². The number of rotatable bonds is 5. The molecule has 1 atom stereocenters. The highest BCUT2D eigenvalue weighted by atomic mass is 16.1. The van der Waals surface area contributed by atoms with Crippen LogP contribution in [0, 0.1) is 11.3 Å². The van der Waals surface area contributed by atoms with E-state index in [2.05, 4.69) is 0 Å².